The van der Waals surface area contributed by atoms with Gasteiger partial charge in [0, 0.05) is 20.5 Å². The number of hydrogen-bond donors (Lipinski definition) is 0. The van der Waals surface area contributed by atoms with E-state index in [1.54, 1.807) is 13.8 Å². The molecule has 0 aromatic rings. The predicted octanol–water partition coefficient (Wildman–Crippen LogP) is 1.01. The largest absolute Gasteiger partial charge is 0.419 e. The topological polar surface area (TPSA) is 61.8 Å². The molecular formula is C10H16O5. The first-order valence-corrected chi connectivity index (χ1v) is 4.79. The van der Waals surface area contributed by atoms with Crippen LogP contribution in [0.4, 0.5) is 0 Å². The van der Waals surface area contributed by atoms with Crippen molar-refractivity contribution in [3.8, 4) is 0 Å². The van der Waals surface area contributed by atoms with Crippen LogP contribution in [0.2, 0.25) is 0 Å². The number of cyclic esters (lactones) is 1. The van der Waals surface area contributed by atoms with E-state index < -0.39 is 17.4 Å². The zero-order chi connectivity index (χ0) is 11.7. The van der Waals surface area contributed by atoms with Crippen molar-refractivity contribution in [3.63, 3.8) is 0 Å². The summed E-state index contributed by atoms with van der Waals surface area (Å²) in [6.45, 7) is 4.71. The lowest BCUT2D eigenvalue weighted by molar-refractivity contribution is -0.276. The van der Waals surface area contributed by atoms with Gasteiger partial charge >= 0.3 is 11.9 Å². The van der Waals surface area contributed by atoms with Gasteiger partial charge in [0.2, 0.25) is 0 Å². The number of methoxy groups -OCH3 is 1. The van der Waals surface area contributed by atoms with Crippen LogP contribution in [0, 0.1) is 0 Å². The van der Waals surface area contributed by atoms with Crippen LogP contribution in [-0.2, 0) is 23.8 Å². The van der Waals surface area contributed by atoms with Gasteiger partial charge < -0.3 is 14.2 Å². The second kappa shape index (κ2) is 3.81. The van der Waals surface area contributed by atoms with E-state index in [1.807, 2.05) is 0 Å². The third-order valence-corrected chi connectivity index (χ3v) is 2.67. The Morgan fingerprint density at radius 3 is 2.47 bits per heavy atom. The van der Waals surface area contributed by atoms with Crippen LogP contribution in [0.5, 0.6) is 0 Å². The molecule has 1 atom stereocenters. The van der Waals surface area contributed by atoms with Gasteiger partial charge in [-0.2, -0.15) is 0 Å². The van der Waals surface area contributed by atoms with Crippen molar-refractivity contribution in [1.82, 2.24) is 0 Å². The molecule has 86 valence electrons. The Bertz CT molecular complexity index is 284. The van der Waals surface area contributed by atoms with E-state index in [2.05, 4.69) is 0 Å². The maximum atomic E-state index is 11.1. The van der Waals surface area contributed by atoms with Crippen molar-refractivity contribution in [2.75, 3.05) is 7.11 Å². The van der Waals surface area contributed by atoms with Gasteiger partial charge in [-0.25, -0.2) is 0 Å². The van der Waals surface area contributed by atoms with Gasteiger partial charge in [-0.15, -0.1) is 0 Å². The molecule has 1 saturated heterocycles. The molecule has 1 aliphatic heterocycles. The highest BCUT2D eigenvalue weighted by atomic mass is 16.8. The molecule has 0 radical (unpaired) electrons. The molecule has 1 unspecified atom stereocenters. The third-order valence-electron chi connectivity index (χ3n) is 2.67. The number of hydrogen-bond acceptors (Lipinski definition) is 5. The Morgan fingerprint density at radius 2 is 2.13 bits per heavy atom. The molecule has 0 bridgehead atoms. The minimum absolute atomic E-state index is 0.236. The van der Waals surface area contributed by atoms with Gasteiger partial charge in [0.25, 0.3) is 5.79 Å². The van der Waals surface area contributed by atoms with Gasteiger partial charge in [-0.05, 0) is 13.8 Å². The Kier molecular flexibility index (Phi) is 3.04. The number of carbonyl (C=O) groups excluding carboxylic acids is 2. The zero-order valence-electron chi connectivity index (χ0n) is 9.46. The van der Waals surface area contributed by atoms with E-state index in [1.165, 1.54) is 14.0 Å². The Balaban J connectivity index is 2.97. The van der Waals surface area contributed by atoms with Crippen LogP contribution in [-0.4, -0.2) is 30.4 Å². The molecule has 1 heterocycles. The smallest absolute Gasteiger partial charge is 0.309 e. The summed E-state index contributed by atoms with van der Waals surface area (Å²) in [4.78, 5) is 22.1. The van der Waals surface area contributed by atoms with E-state index in [0.29, 0.717) is 6.42 Å². The summed E-state index contributed by atoms with van der Waals surface area (Å²) >= 11 is 0. The zero-order valence-corrected chi connectivity index (χ0v) is 9.46. The van der Waals surface area contributed by atoms with Crippen LogP contribution in [0.1, 0.15) is 33.6 Å². The summed E-state index contributed by atoms with van der Waals surface area (Å²) in [5, 5.41) is 0. The molecule has 15 heavy (non-hydrogen) atoms. The predicted molar refractivity (Wildman–Crippen MR) is 50.9 cm³/mol. The highest BCUT2D eigenvalue weighted by Gasteiger charge is 2.56. The molecule has 1 fully saturated rings. The lowest BCUT2D eigenvalue weighted by atomic mass is 9.94. The highest BCUT2D eigenvalue weighted by molar-refractivity contribution is 5.73. The molecule has 0 aromatic carbocycles. The molecule has 5 nitrogen and oxygen atoms in total. The Hall–Kier alpha value is -1.10. The van der Waals surface area contributed by atoms with E-state index >= 15 is 0 Å². The van der Waals surface area contributed by atoms with Crippen LogP contribution in [0.25, 0.3) is 0 Å². The van der Waals surface area contributed by atoms with Gasteiger partial charge in [-0.1, -0.05) is 0 Å². The van der Waals surface area contributed by atoms with Crippen molar-refractivity contribution in [3.05, 3.63) is 0 Å². The quantitative estimate of drug-likeness (QED) is 0.659. The summed E-state index contributed by atoms with van der Waals surface area (Å²) in [7, 11) is 1.48. The fourth-order valence-electron chi connectivity index (χ4n) is 1.56. The first kappa shape index (κ1) is 12.0. The summed E-state index contributed by atoms with van der Waals surface area (Å²) in [6.07, 6.45) is 0.562. The average Bonchev–Trinajstić information content (AvgIpc) is 2.48. The van der Waals surface area contributed by atoms with E-state index in [9.17, 15) is 9.59 Å². The maximum Gasteiger partial charge on any atom is 0.309 e. The van der Waals surface area contributed by atoms with Crippen LogP contribution in [0.3, 0.4) is 0 Å². The van der Waals surface area contributed by atoms with Crippen molar-refractivity contribution in [1.29, 1.82) is 0 Å². The fraction of sp³-hybridized carbons (Fsp3) is 0.800. The van der Waals surface area contributed by atoms with Crippen LogP contribution in [0.15, 0.2) is 0 Å². The third kappa shape index (κ3) is 2.12. The lowest BCUT2D eigenvalue weighted by Gasteiger charge is -2.39. The molecule has 5 heteroatoms. The minimum atomic E-state index is -1.29. The van der Waals surface area contributed by atoms with Crippen LogP contribution < -0.4 is 0 Å². The molecule has 1 rings (SSSR count). The van der Waals surface area contributed by atoms with Crippen molar-refractivity contribution < 1.29 is 23.8 Å². The maximum absolute atomic E-state index is 11.1. The molecule has 0 aliphatic carbocycles. The minimum Gasteiger partial charge on any atom is -0.419 e. The van der Waals surface area contributed by atoms with Gasteiger partial charge in [0.1, 0.15) is 5.60 Å². The molecule has 0 aromatic heterocycles. The molecule has 1 aliphatic rings. The summed E-state index contributed by atoms with van der Waals surface area (Å²) < 4.78 is 15.4. The summed E-state index contributed by atoms with van der Waals surface area (Å²) in [5.41, 5.74) is -0.856. The average molecular weight is 216 g/mol. The summed E-state index contributed by atoms with van der Waals surface area (Å²) in [6, 6.07) is 0. The monoisotopic (exact) mass is 216 g/mol. The number of carbonyl (C=O) groups is 2. The molecular weight excluding hydrogens is 200 g/mol. The summed E-state index contributed by atoms with van der Waals surface area (Å²) in [5.74, 6) is -2.15. The van der Waals surface area contributed by atoms with Crippen molar-refractivity contribution in [2.24, 2.45) is 0 Å². The van der Waals surface area contributed by atoms with Crippen molar-refractivity contribution >= 4 is 11.9 Å². The van der Waals surface area contributed by atoms with Crippen LogP contribution >= 0.6 is 0 Å². The van der Waals surface area contributed by atoms with Gasteiger partial charge in [0.05, 0.1) is 6.42 Å². The first-order valence-electron chi connectivity index (χ1n) is 4.79. The van der Waals surface area contributed by atoms with Crippen molar-refractivity contribution in [2.45, 2.75) is 45.0 Å². The Morgan fingerprint density at radius 1 is 1.53 bits per heavy atom. The SMILES string of the molecule is COC(C)(C)C1(OC(C)=O)CCC(=O)O1. The highest BCUT2D eigenvalue weighted by Crippen LogP contribution is 2.39. The number of ether oxygens (including phenoxy) is 3. The number of esters is 2. The van der Waals surface area contributed by atoms with Gasteiger partial charge in [-0.3, -0.25) is 9.59 Å². The van der Waals surface area contributed by atoms with E-state index in [0.717, 1.165) is 0 Å². The molecule has 0 N–H and O–H groups in total. The molecule has 0 amide bonds. The lowest BCUT2D eigenvalue weighted by Crippen LogP contribution is -2.54. The molecule has 0 saturated carbocycles. The second-order valence-corrected chi connectivity index (χ2v) is 4.04. The Labute approximate surface area is 88.7 Å². The normalized spacial score (nSPS) is 26.3. The standard InChI is InChI=1S/C10H16O5/c1-7(11)14-10(9(2,3)13-4)6-5-8(12)15-10/h5-6H2,1-4H3. The fourth-order valence-corrected chi connectivity index (χ4v) is 1.56. The number of rotatable bonds is 3. The van der Waals surface area contributed by atoms with E-state index in [4.69, 9.17) is 14.2 Å². The first-order chi connectivity index (χ1) is 6.83. The van der Waals surface area contributed by atoms with Gasteiger partial charge in [0.15, 0.2) is 0 Å². The van der Waals surface area contributed by atoms with E-state index in [-0.39, 0.29) is 12.4 Å². The molecule has 0 spiro atoms. The second-order valence-electron chi connectivity index (χ2n) is 4.04.